The molecule has 5 rings (SSSR count). The van der Waals surface area contributed by atoms with E-state index < -0.39 is 5.60 Å². The average molecular weight is 512 g/mol. The minimum atomic E-state index is -0.532. The molecule has 166 valence electrons. The van der Waals surface area contributed by atoms with Crippen LogP contribution in [0.1, 0.15) is 51.2 Å². The second-order valence-electron chi connectivity index (χ2n) is 9.66. The Morgan fingerprint density at radius 3 is 2.45 bits per heavy atom. The molecule has 3 heterocycles. The normalized spacial score (nSPS) is 22.9. The second kappa shape index (κ2) is 7.44. The summed E-state index contributed by atoms with van der Waals surface area (Å²) >= 11 is 9.67. The number of rotatable bonds is 1. The van der Waals surface area contributed by atoms with Gasteiger partial charge in [0.15, 0.2) is 5.82 Å². The lowest BCUT2D eigenvalue weighted by molar-refractivity contribution is 0.0123. The van der Waals surface area contributed by atoms with Crippen LogP contribution in [0.25, 0.3) is 10.9 Å². The second-order valence-corrected chi connectivity index (χ2v) is 10.8. The molecule has 2 saturated heterocycles. The van der Waals surface area contributed by atoms with Crippen molar-refractivity contribution in [1.82, 2.24) is 14.9 Å². The molecule has 0 radical (unpaired) electrons. The molecular weight excluding hydrogens is 487 g/mol. The van der Waals surface area contributed by atoms with Crippen molar-refractivity contribution < 1.29 is 13.9 Å². The van der Waals surface area contributed by atoms with Gasteiger partial charge in [0.1, 0.15) is 16.9 Å². The number of carbonyl (C=O) groups is 1. The van der Waals surface area contributed by atoms with Gasteiger partial charge in [0, 0.05) is 18.5 Å². The quantitative estimate of drug-likeness (QED) is 0.489. The molecule has 1 aliphatic carbocycles. The van der Waals surface area contributed by atoms with Crippen molar-refractivity contribution in [1.29, 1.82) is 0 Å². The highest BCUT2D eigenvalue weighted by Gasteiger charge is 2.45. The molecule has 3 aliphatic rings. The third-order valence-electron chi connectivity index (χ3n) is 6.43. The molecule has 0 N–H and O–H groups in total. The van der Waals surface area contributed by atoms with Crippen molar-refractivity contribution >= 4 is 50.3 Å². The molecule has 6 nitrogen and oxygen atoms in total. The van der Waals surface area contributed by atoms with E-state index in [9.17, 15) is 4.79 Å². The number of hydrogen-bond donors (Lipinski definition) is 0. The Morgan fingerprint density at radius 2 is 1.81 bits per heavy atom. The zero-order valence-electron chi connectivity index (χ0n) is 17.8. The van der Waals surface area contributed by atoms with Crippen LogP contribution in [0, 0.1) is 5.82 Å². The summed E-state index contributed by atoms with van der Waals surface area (Å²) in [5, 5.41) is 0.802. The van der Waals surface area contributed by atoms with Crippen LogP contribution in [-0.4, -0.2) is 51.7 Å². The summed E-state index contributed by atoms with van der Waals surface area (Å²) in [5.74, 6) is 0.303. The molecule has 2 bridgehead atoms. The Balaban J connectivity index is 1.54. The Bertz CT molecular complexity index is 1080. The molecule has 31 heavy (non-hydrogen) atoms. The van der Waals surface area contributed by atoms with E-state index in [1.165, 1.54) is 0 Å². The number of ether oxygens (including phenoxy) is 1. The van der Waals surface area contributed by atoms with Crippen LogP contribution in [0.15, 0.2) is 4.47 Å². The predicted octanol–water partition coefficient (Wildman–Crippen LogP) is 5.26. The van der Waals surface area contributed by atoms with Gasteiger partial charge in [-0.05, 0) is 91.5 Å². The monoisotopic (exact) mass is 510 g/mol. The van der Waals surface area contributed by atoms with Crippen LogP contribution < -0.4 is 4.90 Å². The molecule has 0 spiro atoms. The van der Waals surface area contributed by atoms with Crippen molar-refractivity contribution in [3.05, 3.63) is 26.7 Å². The summed E-state index contributed by atoms with van der Waals surface area (Å²) in [6.45, 7) is 6.87. The lowest BCUT2D eigenvalue weighted by Gasteiger charge is -2.42. The van der Waals surface area contributed by atoms with Crippen molar-refractivity contribution in [3.8, 4) is 0 Å². The number of halogens is 3. The molecule has 1 amide bonds. The van der Waals surface area contributed by atoms with Crippen LogP contribution in [0.4, 0.5) is 15.0 Å². The van der Waals surface area contributed by atoms with E-state index in [1.807, 2.05) is 25.7 Å². The van der Waals surface area contributed by atoms with Gasteiger partial charge in [0.25, 0.3) is 0 Å². The molecule has 2 fully saturated rings. The van der Waals surface area contributed by atoms with Crippen LogP contribution in [0.2, 0.25) is 5.28 Å². The van der Waals surface area contributed by atoms with Gasteiger partial charge >= 0.3 is 6.09 Å². The van der Waals surface area contributed by atoms with E-state index in [0.717, 1.165) is 48.6 Å². The van der Waals surface area contributed by atoms with E-state index in [-0.39, 0.29) is 34.8 Å². The van der Waals surface area contributed by atoms with Gasteiger partial charge in [0.2, 0.25) is 5.28 Å². The van der Waals surface area contributed by atoms with Gasteiger partial charge in [-0.2, -0.15) is 4.98 Å². The fourth-order valence-corrected chi connectivity index (χ4v) is 6.06. The number of anilines is 1. The van der Waals surface area contributed by atoms with Gasteiger partial charge in [0.05, 0.1) is 16.6 Å². The number of benzene rings is 1. The zero-order valence-corrected chi connectivity index (χ0v) is 20.2. The standard InChI is InChI=1S/C22H25BrClFN4O2/c1-22(2,3)31-21(30)29-11-7-8-12(29)10-28(9-11)19-15-13-5-4-6-14(13)16(23)17(25)18(15)26-20(24)27-19/h11-12H,4-10H2,1-3H3/t11-,12+. The number of fused-ring (bicyclic) bond motifs is 5. The Kier molecular flexibility index (Phi) is 5.09. The number of piperazine rings is 1. The average Bonchev–Trinajstić information content (AvgIpc) is 3.27. The number of amides is 1. The van der Waals surface area contributed by atoms with Gasteiger partial charge in [-0.3, -0.25) is 4.90 Å². The summed E-state index contributed by atoms with van der Waals surface area (Å²) in [4.78, 5) is 25.7. The van der Waals surface area contributed by atoms with E-state index in [0.29, 0.717) is 23.4 Å². The number of aromatic nitrogens is 2. The first-order valence-electron chi connectivity index (χ1n) is 10.8. The fraction of sp³-hybridized carbons (Fsp3) is 0.591. The highest BCUT2D eigenvalue weighted by molar-refractivity contribution is 9.10. The highest BCUT2D eigenvalue weighted by Crippen LogP contribution is 2.43. The first kappa shape index (κ1) is 21.2. The molecule has 1 aromatic heterocycles. The van der Waals surface area contributed by atoms with Crippen LogP contribution in [0.3, 0.4) is 0 Å². The van der Waals surface area contributed by atoms with Gasteiger partial charge in [-0.1, -0.05) is 0 Å². The van der Waals surface area contributed by atoms with Crippen LogP contribution in [-0.2, 0) is 17.6 Å². The van der Waals surface area contributed by atoms with E-state index in [1.54, 1.807) is 0 Å². The summed E-state index contributed by atoms with van der Waals surface area (Å²) < 4.78 is 21.3. The van der Waals surface area contributed by atoms with E-state index >= 15 is 4.39 Å². The third-order valence-corrected chi connectivity index (χ3v) is 7.43. The first-order chi connectivity index (χ1) is 14.6. The predicted molar refractivity (Wildman–Crippen MR) is 121 cm³/mol. The topological polar surface area (TPSA) is 58.6 Å². The number of nitrogens with zero attached hydrogens (tertiary/aromatic N) is 4. The molecular formula is C22H25BrClFN4O2. The molecule has 1 aromatic carbocycles. The molecule has 0 unspecified atom stereocenters. The maximum Gasteiger partial charge on any atom is 0.410 e. The smallest absolute Gasteiger partial charge is 0.410 e. The van der Waals surface area contributed by atoms with Crippen LogP contribution in [0.5, 0.6) is 0 Å². The maximum absolute atomic E-state index is 15.2. The fourth-order valence-electron chi connectivity index (χ4n) is 5.27. The zero-order chi connectivity index (χ0) is 22.1. The van der Waals surface area contributed by atoms with Gasteiger partial charge in [-0.25, -0.2) is 14.2 Å². The Labute approximate surface area is 194 Å². The SMILES string of the molecule is CC(C)(C)OC(=O)N1[C@@H]2CC[C@H]1CN(c1nc(Cl)nc3c(F)c(Br)c4c(c13)CCC4)C2. The maximum atomic E-state index is 15.2. The van der Waals surface area contributed by atoms with Crippen LogP contribution >= 0.6 is 27.5 Å². The molecule has 2 aliphatic heterocycles. The number of hydrogen-bond acceptors (Lipinski definition) is 5. The van der Waals surface area contributed by atoms with Crippen molar-refractivity contribution in [2.75, 3.05) is 18.0 Å². The molecule has 9 heteroatoms. The summed E-state index contributed by atoms with van der Waals surface area (Å²) in [6, 6.07) is 0.0662. The number of aryl methyl sites for hydroxylation is 1. The lowest BCUT2D eigenvalue weighted by Crippen LogP contribution is -2.57. The first-order valence-corrected chi connectivity index (χ1v) is 11.9. The van der Waals surface area contributed by atoms with Gasteiger partial charge in [-0.15, -0.1) is 0 Å². The van der Waals surface area contributed by atoms with Crippen molar-refractivity contribution in [2.24, 2.45) is 0 Å². The van der Waals surface area contributed by atoms with E-state index in [4.69, 9.17) is 16.3 Å². The van der Waals surface area contributed by atoms with Crippen molar-refractivity contribution in [3.63, 3.8) is 0 Å². The van der Waals surface area contributed by atoms with E-state index in [2.05, 4.69) is 30.8 Å². The van der Waals surface area contributed by atoms with Gasteiger partial charge < -0.3 is 9.64 Å². The number of carbonyl (C=O) groups excluding carboxylic acids is 1. The Hall–Kier alpha value is -1.67. The lowest BCUT2D eigenvalue weighted by atomic mass is 10.0. The summed E-state index contributed by atoms with van der Waals surface area (Å²) in [7, 11) is 0. The minimum Gasteiger partial charge on any atom is -0.444 e. The molecule has 0 saturated carbocycles. The molecule has 2 atom stereocenters. The largest absolute Gasteiger partial charge is 0.444 e. The highest BCUT2D eigenvalue weighted by atomic mass is 79.9. The molecule has 2 aromatic rings. The Morgan fingerprint density at radius 1 is 1.16 bits per heavy atom. The minimum absolute atomic E-state index is 0.0331. The summed E-state index contributed by atoms with van der Waals surface area (Å²) in [5.41, 5.74) is 1.85. The van der Waals surface area contributed by atoms with Crippen molar-refractivity contribution in [2.45, 2.75) is 70.6 Å². The summed E-state index contributed by atoms with van der Waals surface area (Å²) in [6.07, 6.45) is 4.24. The third kappa shape index (κ3) is 3.55.